The summed E-state index contributed by atoms with van der Waals surface area (Å²) in [5, 5.41) is 2.95. The fourth-order valence-electron chi connectivity index (χ4n) is 2.36. The van der Waals surface area contributed by atoms with Crippen LogP contribution in [-0.4, -0.2) is 4.98 Å². The number of anilines is 1. The van der Waals surface area contributed by atoms with Crippen LogP contribution >= 0.6 is 11.6 Å². The van der Waals surface area contributed by atoms with E-state index in [-0.39, 0.29) is 0 Å². The molecule has 0 amide bonds. The van der Waals surface area contributed by atoms with Crippen LogP contribution in [0.15, 0.2) is 48.7 Å². The maximum atomic E-state index is 6.25. The van der Waals surface area contributed by atoms with Crippen LogP contribution in [0.2, 0.25) is 5.02 Å². The molecule has 0 saturated carbocycles. The van der Waals surface area contributed by atoms with Crippen LogP contribution in [0.25, 0.3) is 21.9 Å². The highest BCUT2D eigenvalue weighted by Gasteiger charge is 2.09. The molecule has 3 aromatic rings. The Bertz CT molecular complexity index is 766. The van der Waals surface area contributed by atoms with Crippen molar-refractivity contribution in [2.45, 2.75) is 6.92 Å². The van der Waals surface area contributed by atoms with E-state index in [9.17, 15) is 0 Å². The highest BCUT2D eigenvalue weighted by molar-refractivity contribution is 6.36. The SMILES string of the molecule is Cc1cc(N)ncc1-c1ccc(Cl)c2ccccc12. The van der Waals surface area contributed by atoms with E-state index in [0.29, 0.717) is 5.82 Å². The van der Waals surface area contributed by atoms with Gasteiger partial charge in [0.15, 0.2) is 0 Å². The zero-order valence-corrected chi connectivity index (χ0v) is 11.3. The first-order valence-electron chi connectivity index (χ1n) is 6.06. The van der Waals surface area contributed by atoms with E-state index in [1.807, 2.05) is 49.5 Å². The van der Waals surface area contributed by atoms with Crippen LogP contribution in [-0.2, 0) is 0 Å². The van der Waals surface area contributed by atoms with Gasteiger partial charge in [0.05, 0.1) is 0 Å². The van der Waals surface area contributed by atoms with Gasteiger partial charge in [-0.2, -0.15) is 0 Å². The van der Waals surface area contributed by atoms with E-state index in [1.165, 1.54) is 0 Å². The summed E-state index contributed by atoms with van der Waals surface area (Å²) < 4.78 is 0. The molecule has 1 heterocycles. The zero-order chi connectivity index (χ0) is 13.4. The number of hydrogen-bond donors (Lipinski definition) is 1. The van der Waals surface area contributed by atoms with Gasteiger partial charge < -0.3 is 5.73 Å². The quantitative estimate of drug-likeness (QED) is 0.708. The second-order valence-electron chi connectivity index (χ2n) is 4.56. The first-order valence-corrected chi connectivity index (χ1v) is 6.44. The lowest BCUT2D eigenvalue weighted by molar-refractivity contribution is 1.30. The van der Waals surface area contributed by atoms with E-state index in [2.05, 4.69) is 11.1 Å². The van der Waals surface area contributed by atoms with Gasteiger partial charge in [-0.3, -0.25) is 0 Å². The lowest BCUT2D eigenvalue weighted by atomic mass is 9.96. The van der Waals surface area contributed by atoms with Crippen molar-refractivity contribution in [3.63, 3.8) is 0 Å². The van der Waals surface area contributed by atoms with Crippen molar-refractivity contribution in [2.24, 2.45) is 0 Å². The lowest BCUT2D eigenvalue weighted by Gasteiger charge is -2.11. The molecule has 0 aliphatic heterocycles. The van der Waals surface area contributed by atoms with Crippen LogP contribution < -0.4 is 5.73 Å². The first kappa shape index (κ1) is 12.0. The monoisotopic (exact) mass is 268 g/mol. The van der Waals surface area contributed by atoms with Gasteiger partial charge >= 0.3 is 0 Å². The molecule has 94 valence electrons. The third-order valence-corrected chi connectivity index (χ3v) is 3.62. The number of benzene rings is 2. The lowest BCUT2D eigenvalue weighted by Crippen LogP contribution is -1.93. The molecule has 0 bridgehead atoms. The topological polar surface area (TPSA) is 38.9 Å². The van der Waals surface area contributed by atoms with Crippen molar-refractivity contribution in [2.75, 3.05) is 5.73 Å². The molecule has 2 nitrogen and oxygen atoms in total. The zero-order valence-electron chi connectivity index (χ0n) is 10.5. The minimum absolute atomic E-state index is 0.541. The fourth-order valence-corrected chi connectivity index (χ4v) is 2.58. The Balaban J connectivity index is 2.34. The third kappa shape index (κ3) is 2.04. The maximum Gasteiger partial charge on any atom is 0.123 e. The molecular formula is C16H13ClN2. The Hall–Kier alpha value is -2.06. The van der Waals surface area contributed by atoms with Crippen LogP contribution in [0.1, 0.15) is 5.56 Å². The van der Waals surface area contributed by atoms with Crippen molar-refractivity contribution in [3.8, 4) is 11.1 Å². The normalized spacial score (nSPS) is 10.8. The number of fused-ring (bicyclic) bond motifs is 1. The molecule has 0 aliphatic carbocycles. The van der Waals surface area contributed by atoms with Gasteiger partial charge in [0.25, 0.3) is 0 Å². The molecule has 0 radical (unpaired) electrons. The summed E-state index contributed by atoms with van der Waals surface area (Å²) in [6.07, 6.45) is 1.82. The number of nitrogens with two attached hydrogens (primary N) is 1. The smallest absolute Gasteiger partial charge is 0.123 e. The van der Waals surface area contributed by atoms with Gasteiger partial charge in [0, 0.05) is 22.2 Å². The number of rotatable bonds is 1. The van der Waals surface area contributed by atoms with Gasteiger partial charge in [0.1, 0.15) is 5.82 Å². The van der Waals surface area contributed by atoms with Crippen LogP contribution in [0.3, 0.4) is 0 Å². The molecule has 0 spiro atoms. The van der Waals surface area contributed by atoms with Crippen molar-refractivity contribution in [1.29, 1.82) is 0 Å². The molecule has 2 aromatic carbocycles. The molecule has 19 heavy (non-hydrogen) atoms. The van der Waals surface area contributed by atoms with Gasteiger partial charge in [-0.15, -0.1) is 0 Å². The van der Waals surface area contributed by atoms with Crippen molar-refractivity contribution < 1.29 is 0 Å². The number of hydrogen-bond acceptors (Lipinski definition) is 2. The molecule has 0 unspecified atom stereocenters. The Morgan fingerprint density at radius 2 is 1.74 bits per heavy atom. The number of nitrogen functional groups attached to an aromatic ring is 1. The minimum atomic E-state index is 0.541. The fraction of sp³-hybridized carbons (Fsp3) is 0.0625. The van der Waals surface area contributed by atoms with E-state index in [0.717, 1.165) is 32.5 Å². The molecule has 3 rings (SSSR count). The van der Waals surface area contributed by atoms with Gasteiger partial charge in [0.2, 0.25) is 0 Å². The molecular weight excluding hydrogens is 256 g/mol. The molecule has 2 N–H and O–H groups in total. The Morgan fingerprint density at radius 3 is 2.47 bits per heavy atom. The summed E-state index contributed by atoms with van der Waals surface area (Å²) in [5.41, 5.74) is 9.04. The van der Waals surface area contributed by atoms with E-state index in [1.54, 1.807) is 0 Å². The standard InChI is InChI=1S/C16H13ClN2/c1-10-8-16(18)19-9-14(10)12-6-7-15(17)13-5-3-2-4-11(12)13/h2-9H,1H3,(H2,18,19). The summed E-state index contributed by atoms with van der Waals surface area (Å²) >= 11 is 6.25. The number of aromatic nitrogens is 1. The summed E-state index contributed by atoms with van der Waals surface area (Å²) in [6, 6.07) is 14.0. The average Bonchev–Trinajstić information content (AvgIpc) is 2.41. The van der Waals surface area contributed by atoms with E-state index < -0.39 is 0 Å². The van der Waals surface area contributed by atoms with E-state index >= 15 is 0 Å². The highest BCUT2D eigenvalue weighted by atomic mass is 35.5. The third-order valence-electron chi connectivity index (χ3n) is 3.29. The Labute approximate surface area is 116 Å². The van der Waals surface area contributed by atoms with Crippen molar-refractivity contribution >= 4 is 28.2 Å². The maximum absolute atomic E-state index is 6.25. The summed E-state index contributed by atoms with van der Waals surface area (Å²) in [5.74, 6) is 0.541. The molecule has 3 heteroatoms. The second-order valence-corrected chi connectivity index (χ2v) is 4.97. The average molecular weight is 269 g/mol. The molecule has 0 aliphatic rings. The summed E-state index contributed by atoms with van der Waals surface area (Å²) in [7, 11) is 0. The molecule has 0 saturated heterocycles. The number of aryl methyl sites for hydroxylation is 1. The van der Waals surface area contributed by atoms with Crippen molar-refractivity contribution in [1.82, 2.24) is 4.98 Å². The van der Waals surface area contributed by atoms with E-state index in [4.69, 9.17) is 17.3 Å². The highest BCUT2D eigenvalue weighted by Crippen LogP contribution is 2.34. The predicted molar refractivity (Wildman–Crippen MR) is 81.3 cm³/mol. The van der Waals surface area contributed by atoms with Gasteiger partial charge in [-0.25, -0.2) is 4.98 Å². The molecule has 0 atom stereocenters. The molecule has 1 aromatic heterocycles. The summed E-state index contributed by atoms with van der Waals surface area (Å²) in [4.78, 5) is 4.19. The number of nitrogens with zero attached hydrogens (tertiary/aromatic N) is 1. The Morgan fingerprint density at radius 1 is 1.00 bits per heavy atom. The number of pyridine rings is 1. The Kier molecular flexibility index (Phi) is 2.88. The predicted octanol–water partition coefficient (Wildman–Crippen LogP) is 4.45. The van der Waals surface area contributed by atoms with Crippen LogP contribution in [0, 0.1) is 6.92 Å². The van der Waals surface area contributed by atoms with Crippen LogP contribution in [0.5, 0.6) is 0 Å². The molecule has 0 fully saturated rings. The minimum Gasteiger partial charge on any atom is -0.384 e. The van der Waals surface area contributed by atoms with Gasteiger partial charge in [-0.05, 0) is 35.6 Å². The van der Waals surface area contributed by atoms with Gasteiger partial charge in [-0.1, -0.05) is 41.9 Å². The largest absolute Gasteiger partial charge is 0.384 e. The number of halogens is 1. The first-order chi connectivity index (χ1) is 9.16. The van der Waals surface area contributed by atoms with Crippen LogP contribution in [0.4, 0.5) is 5.82 Å². The van der Waals surface area contributed by atoms with Crippen molar-refractivity contribution in [3.05, 3.63) is 59.2 Å². The second kappa shape index (κ2) is 4.56. The summed E-state index contributed by atoms with van der Waals surface area (Å²) in [6.45, 7) is 2.04.